The van der Waals surface area contributed by atoms with Crippen LogP contribution in [0.15, 0.2) is 146 Å². The van der Waals surface area contributed by atoms with Gasteiger partial charge in [0.2, 0.25) is 53.2 Å². The zero-order valence-corrected chi connectivity index (χ0v) is 72.0. The van der Waals surface area contributed by atoms with Gasteiger partial charge in [0, 0.05) is 45.2 Å². The Morgan fingerprint density at radius 2 is 0.992 bits per heavy atom. The zero-order valence-electron chi connectivity index (χ0n) is 72.0. The number of ketones is 1. The van der Waals surface area contributed by atoms with E-state index in [9.17, 15) is 39.3 Å². The first kappa shape index (κ1) is 93.1. The minimum atomic E-state index is -1.75. The molecular weight excluding hydrogens is 1610 g/mol. The van der Waals surface area contributed by atoms with E-state index in [1.54, 1.807) is 136 Å². The molecule has 12 bridgehead atoms. The van der Waals surface area contributed by atoms with Crippen molar-refractivity contribution in [2.24, 2.45) is 22.5 Å². The molecule has 0 aliphatic carbocycles. The lowest BCUT2D eigenvalue weighted by atomic mass is 9.85. The van der Waals surface area contributed by atoms with Crippen LogP contribution in [0.2, 0.25) is 0 Å². The maximum Gasteiger partial charge on any atom is 0.328 e. The number of aliphatic hydroxyl groups excluding tert-OH is 1. The molecule has 0 radical (unpaired) electrons. The van der Waals surface area contributed by atoms with Crippen molar-refractivity contribution in [3.63, 3.8) is 0 Å². The van der Waals surface area contributed by atoms with Crippen LogP contribution in [0, 0.1) is 16.7 Å². The number of likely N-dealkylation sites (tertiary alicyclic amines) is 2. The number of nitrogens with one attached hydrogen (secondary N) is 9. The van der Waals surface area contributed by atoms with Crippen molar-refractivity contribution < 1.29 is 82.3 Å². The summed E-state index contributed by atoms with van der Waals surface area (Å²) in [7, 11) is 3.19. The van der Waals surface area contributed by atoms with Gasteiger partial charge in [0.05, 0.1) is 55.1 Å². The Morgan fingerprint density at radius 1 is 0.536 bits per heavy atom. The first-order valence-electron chi connectivity index (χ1n) is 42.2. The molecule has 2 aromatic heterocycles. The van der Waals surface area contributed by atoms with Crippen molar-refractivity contribution in [2.45, 2.75) is 211 Å². The Morgan fingerprint density at radius 3 is 1.43 bits per heavy atom. The predicted molar refractivity (Wildman–Crippen MR) is 460 cm³/mol. The number of benzene rings is 6. The van der Waals surface area contributed by atoms with Gasteiger partial charge in [-0.3, -0.25) is 52.7 Å². The molecule has 9 amide bonds. The van der Waals surface area contributed by atoms with Gasteiger partial charge in [-0.05, 0) is 145 Å². The number of carbonyl (C=O) groups excluding carboxylic acids is 10. The summed E-state index contributed by atoms with van der Waals surface area (Å²) in [6.07, 6.45) is 2.45. The van der Waals surface area contributed by atoms with Crippen molar-refractivity contribution in [3.05, 3.63) is 179 Å². The number of aliphatic hydroxyl groups is 1. The summed E-state index contributed by atoms with van der Waals surface area (Å²) in [5, 5.41) is 77.4. The van der Waals surface area contributed by atoms with E-state index in [0.29, 0.717) is 45.8 Å². The number of aromatic nitrogens is 6. The van der Waals surface area contributed by atoms with Gasteiger partial charge in [-0.1, -0.05) is 161 Å². The quantitative estimate of drug-likeness (QED) is 0.0408. The molecule has 125 heavy (non-hydrogen) atoms. The molecule has 6 aromatic carbocycles. The minimum Gasteiger partial charge on any atom is -0.487 e. The molecular formula is C90H114N18O17. The van der Waals surface area contributed by atoms with E-state index in [1.165, 1.54) is 19.2 Å². The number of hydrogen-bond donors (Lipinski definition) is 13. The maximum atomic E-state index is 15.7. The SMILES string of the molecule is CN[C@@H](C)C(=O)N[C@H](C(=O)N1C[C@@H]2C[C@H]1C(=O)N[C@@H](Cc1ccc3ccccc3c1)C(=O)C[C@H](C(=O)O)Cc1ccc(cc1)OCc1cn(nn1)[C@H]1C[C@@H](C(=O)N[C@@H](Cc3ccc4ccccc4c3)C(=O)N[C@H](C(=O)N[C@@H](CCCCN)C(=O)N[C@@H](CO)C(=O)O)Cc3ccc(cc3)OCc3cn2nn3)N(C(=O)[C@@H](NC(=O)[C@H](C)NC)C(C)(C)C)C1)C(C)(C)C. The average molecular weight is 1720 g/mol. The molecule has 14 rings (SSSR count). The van der Waals surface area contributed by atoms with Gasteiger partial charge in [-0.25, -0.2) is 14.2 Å². The number of carbonyl (C=O) groups is 12. The molecule has 0 saturated carbocycles. The molecule has 6 aliphatic rings. The van der Waals surface area contributed by atoms with Crippen LogP contribution < -0.4 is 63.1 Å². The lowest BCUT2D eigenvalue weighted by molar-refractivity contribution is -0.145. The van der Waals surface area contributed by atoms with Crippen molar-refractivity contribution in [1.82, 2.24) is 87.6 Å². The maximum absolute atomic E-state index is 15.7. The number of carboxylic acid groups (broad SMARTS) is 2. The largest absolute Gasteiger partial charge is 0.487 e. The Bertz CT molecular complexity index is 5200. The number of unbranched alkanes of at least 4 members (excludes halogenated alkanes) is 1. The van der Waals surface area contributed by atoms with Crippen LogP contribution in [0.25, 0.3) is 21.5 Å². The van der Waals surface area contributed by atoms with E-state index in [4.69, 9.17) is 15.2 Å². The average Bonchev–Trinajstić information content (AvgIpc) is 1.65. The van der Waals surface area contributed by atoms with Gasteiger partial charge in [-0.2, -0.15) is 0 Å². The van der Waals surface area contributed by atoms with E-state index in [2.05, 4.69) is 68.5 Å². The second-order valence-corrected chi connectivity index (χ2v) is 34.7. The normalized spacial score (nSPS) is 21.0. The van der Waals surface area contributed by atoms with E-state index >= 15 is 33.6 Å². The lowest BCUT2D eigenvalue weighted by Gasteiger charge is -2.36. The smallest absolute Gasteiger partial charge is 0.328 e. The van der Waals surface area contributed by atoms with Crippen molar-refractivity contribution in [3.8, 4) is 11.5 Å². The summed E-state index contributed by atoms with van der Waals surface area (Å²) in [4.78, 5) is 178. The minimum absolute atomic E-state index is 0.0554. The summed E-state index contributed by atoms with van der Waals surface area (Å²) in [5.74, 6) is -10.6. The Labute approximate surface area is 724 Å². The van der Waals surface area contributed by atoms with Gasteiger partial charge in [0.1, 0.15) is 84.4 Å². The predicted octanol–water partition coefficient (Wildman–Crippen LogP) is 3.47. The number of hydrogen-bond acceptors (Lipinski definition) is 22. The molecule has 666 valence electrons. The van der Waals surface area contributed by atoms with Gasteiger partial charge < -0.3 is 88.2 Å². The third-order valence-electron chi connectivity index (χ3n) is 23.2. The molecule has 6 aliphatic heterocycles. The highest BCUT2D eigenvalue weighted by atomic mass is 16.5. The first-order chi connectivity index (χ1) is 59.6. The highest BCUT2D eigenvalue weighted by Crippen LogP contribution is 2.35. The number of carboxylic acids is 2. The number of nitrogens with two attached hydrogens (primary N) is 1. The highest BCUT2D eigenvalue weighted by Gasteiger charge is 2.49. The summed E-state index contributed by atoms with van der Waals surface area (Å²) >= 11 is 0. The summed E-state index contributed by atoms with van der Waals surface area (Å²) in [6, 6.07) is 23.6. The monoisotopic (exact) mass is 1720 g/mol. The van der Waals surface area contributed by atoms with Gasteiger partial charge >= 0.3 is 11.9 Å². The molecule has 14 atom stereocenters. The number of aliphatic carboxylic acids is 2. The fourth-order valence-corrected chi connectivity index (χ4v) is 15.6. The van der Waals surface area contributed by atoms with Crippen LogP contribution in [0.4, 0.5) is 0 Å². The van der Waals surface area contributed by atoms with E-state index in [1.807, 2.05) is 78.9 Å². The van der Waals surface area contributed by atoms with Crippen LogP contribution in [0.1, 0.15) is 140 Å². The number of Topliss-reactive ketones (excluding diaryl/α,β-unsaturated/α-hetero) is 1. The van der Waals surface area contributed by atoms with Crippen molar-refractivity contribution >= 4 is 92.4 Å². The van der Waals surface area contributed by atoms with Gasteiger partial charge in [0.25, 0.3) is 0 Å². The van der Waals surface area contributed by atoms with Crippen LogP contribution in [0.3, 0.4) is 0 Å². The first-order valence-corrected chi connectivity index (χ1v) is 42.2. The fourth-order valence-electron chi connectivity index (χ4n) is 15.6. The second kappa shape index (κ2) is 41.7. The molecule has 8 heterocycles. The number of likely N-dealkylation sites (N-methyl/N-ethyl adjacent to an activating group) is 2. The van der Waals surface area contributed by atoms with E-state index in [-0.39, 0.29) is 90.0 Å². The summed E-state index contributed by atoms with van der Waals surface area (Å²) < 4.78 is 15.5. The molecule has 35 nitrogen and oxygen atoms in total. The third-order valence-corrected chi connectivity index (χ3v) is 23.2. The van der Waals surface area contributed by atoms with Crippen LogP contribution in [-0.2, 0) is 96.4 Å². The Kier molecular flexibility index (Phi) is 31.1. The molecule has 0 unspecified atom stereocenters. The number of ether oxygens (including phenoxy) is 2. The number of fused-ring (bicyclic) bond motifs is 2. The summed E-state index contributed by atoms with van der Waals surface area (Å²) in [5.41, 5.74) is 6.80. The van der Waals surface area contributed by atoms with Gasteiger partial charge in [-0.15, -0.1) is 10.2 Å². The van der Waals surface area contributed by atoms with Gasteiger partial charge in [0.15, 0.2) is 5.78 Å². The topological polar surface area (TPSA) is 486 Å². The molecule has 8 aromatic rings. The number of nitrogens with zero attached hydrogens (tertiary/aromatic N) is 8. The third kappa shape index (κ3) is 24.3. The zero-order chi connectivity index (χ0) is 90.1. The molecule has 2 saturated heterocycles. The van der Waals surface area contributed by atoms with Crippen LogP contribution in [-0.4, -0.2) is 233 Å². The Hall–Kier alpha value is -12.6. The second-order valence-electron chi connectivity index (χ2n) is 34.7. The van der Waals surface area contributed by atoms with Crippen molar-refractivity contribution in [2.75, 3.05) is 40.3 Å². The molecule has 35 heteroatoms. The standard InChI is InChI=1S/C90H114N18O17/c1-51(92-9)78(111)99-76(89(3,4)5)85(118)105-46-64-42-73(105)83(116)95-69(39-55-22-28-57-17-11-13-19-59(57)36-55)75(110)41-61(87(120)121)35-53-24-30-66(31-25-53)124-49-62-45-108(104-101-62)65-43-74(106(47-65)86(119)77(90(6,7)8)100-79(112)52(2)93-10)84(117)97-71(40-56-23-29-58-18-12-14-20-60(58)37-56)82(115)96-70(38-54-26-32-67(33-27-54)125-50-63-44-107(64)103-102-63)81(114)94-68(21-15-16-34-91)80(113)98-72(48-109)88(122)123/h11-14,17-20,22-33,36-37,44-45,51-52,61,64-65,68-74,76-77,92-93,109H,15-16,21,34-35,38-43,46-50,91H2,1-10H3,(H,94,114)(H,95,116)(H,96,115)(H,97,117)(H,98,113)(H,99,111)(H,100,112)(H,120,121)(H,122,123)/t51-,52-,61+,64-,65-,68-,69-,70-,71-,72-,73-,74-,76+,77+/m0/s1. The van der Waals surface area contributed by atoms with Crippen LogP contribution >= 0.6 is 0 Å². The van der Waals surface area contributed by atoms with E-state index < -0.39 is 179 Å². The molecule has 0 spiro atoms. The van der Waals surface area contributed by atoms with Crippen LogP contribution in [0.5, 0.6) is 11.5 Å². The highest BCUT2D eigenvalue weighted by molar-refractivity contribution is 6.00. The Balaban J connectivity index is 0.970. The molecule has 14 N–H and O–H groups in total. The number of amides is 9. The number of rotatable bonds is 23. The molecule has 2 fully saturated rings. The fraction of sp³-hybridized carbons (Fsp3) is 0.467. The lowest BCUT2D eigenvalue weighted by Crippen LogP contribution is -2.61. The van der Waals surface area contributed by atoms with E-state index in [0.717, 1.165) is 21.5 Å². The van der Waals surface area contributed by atoms with Crippen molar-refractivity contribution in [1.29, 1.82) is 0 Å². The summed E-state index contributed by atoms with van der Waals surface area (Å²) in [6.45, 7) is 12.5.